The van der Waals surface area contributed by atoms with Crippen LogP contribution >= 0.6 is 27.5 Å². The van der Waals surface area contributed by atoms with Gasteiger partial charge in [-0.15, -0.1) is 0 Å². The molecular formula is C15H11BrClF3O. The zero-order chi connectivity index (χ0) is 15.5. The van der Waals surface area contributed by atoms with E-state index < -0.39 is 11.7 Å². The topological polar surface area (TPSA) is 9.23 Å². The molecule has 112 valence electrons. The molecular weight excluding hydrogens is 369 g/mol. The summed E-state index contributed by atoms with van der Waals surface area (Å²) in [6, 6.07) is 10.7. The number of benzene rings is 2. The fourth-order valence-corrected chi connectivity index (χ4v) is 2.44. The normalized spacial score (nSPS) is 11.5. The first-order chi connectivity index (χ1) is 9.90. The van der Waals surface area contributed by atoms with Crippen LogP contribution < -0.4 is 4.74 Å². The van der Waals surface area contributed by atoms with Gasteiger partial charge in [0.1, 0.15) is 11.5 Å². The number of hydrogen-bond acceptors (Lipinski definition) is 1. The quantitative estimate of drug-likeness (QED) is 0.584. The Morgan fingerprint density at radius 3 is 2.19 bits per heavy atom. The Kier molecular flexibility index (Phi) is 5.17. The standard InChI is InChI=1S/C15H11BrClF3O/c16-8-7-10-1-3-11(4-2-10)21-12-5-6-14(17)13(9-12)15(18,19)20/h1-6,9H,7-8H2. The monoisotopic (exact) mass is 378 g/mol. The molecule has 6 heteroatoms. The number of halogens is 5. The molecule has 1 nitrogen and oxygen atoms in total. The van der Waals surface area contributed by atoms with Crippen molar-refractivity contribution in [2.75, 3.05) is 5.33 Å². The first-order valence-electron chi connectivity index (χ1n) is 6.09. The van der Waals surface area contributed by atoms with Crippen molar-refractivity contribution in [3.05, 3.63) is 58.6 Å². The Morgan fingerprint density at radius 1 is 1.00 bits per heavy atom. The fourth-order valence-electron chi connectivity index (χ4n) is 1.75. The molecule has 0 atom stereocenters. The predicted molar refractivity (Wildman–Crippen MR) is 80.5 cm³/mol. The highest BCUT2D eigenvalue weighted by atomic mass is 79.9. The molecule has 21 heavy (non-hydrogen) atoms. The number of rotatable bonds is 4. The van der Waals surface area contributed by atoms with Crippen LogP contribution in [0.1, 0.15) is 11.1 Å². The van der Waals surface area contributed by atoms with Crippen molar-refractivity contribution in [1.29, 1.82) is 0 Å². The smallest absolute Gasteiger partial charge is 0.417 e. The van der Waals surface area contributed by atoms with E-state index in [1.807, 2.05) is 12.1 Å². The van der Waals surface area contributed by atoms with Crippen LogP contribution in [0.15, 0.2) is 42.5 Å². The zero-order valence-corrected chi connectivity index (χ0v) is 13.1. The van der Waals surface area contributed by atoms with Gasteiger partial charge in [0.15, 0.2) is 0 Å². The van der Waals surface area contributed by atoms with Gasteiger partial charge in [0.2, 0.25) is 0 Å². The molecule has 0 aromatic heterocycles. The van der Waals surface area contributed by atoms with E-state index in [2.05, 4.69) is 15.9 Å². The fraction of sp³-hybridized carbons (Fsp3) is 0.200. The third kappa shape index (κ3) is 4.38. The van der Waals surface area contributed by atoms with Gasteiger partial charge in [-0.2, -0.15) is 13.2 Å². The predicted octanol–water partition coefficient (Wildman–Crippen LogP) is 6.09. The molecule has 0 N–H and O–H groups in total. The van der Waals surface area contributed by atoms with Crippen molar-refractivity contribution in [1.82, 2.24) is 0 Å². The maximum Gasteiger partial charge on any atom is 0.417 e. The largest absolute Gasteiger partial charge is 0.457 e. The average molecular weight is 380 g/mol. The lowest BCUT2D eigenvalue weighted by molar-refractivity contribution is -0.137. The van der Waals surface area contributed by atoms with Gasteiger partial charge in [-0.1, -0.05) is 39.7 Å². The lowest BCUT2D eigenvalue weighted by Crippen LogP contribution is -2.05. The maximum atomic E-state index is 12.8. The van der Waals surface area contributed by atoms with Crippen molar-refractivity contribution >= 4 is 27.5 Å². The summed E-state index contributed by atoms with van der Waals surface area (Å²) in [6.45, 7) is 0. The van der Waals surface area contributed by atoms with Crippen LogP contribution in [-0.4, -0.2) is 5.33 Å². The second-order valence-electron chi connectivity index (χ2n) is 4.32. The minimum absolute atomic E-state index is 0.0972. The molecule has 0 heterocycles. The molecule has 0 aliphatic rings. The minimum atomic E-state index is -4.50. The van der Waals surface area contributed by atoms with Crippen LogP contribution in [0.25, 0.3) is 0 Å². The summed E-state index contributed by atoms with van der Waals surface area (Å²) in [4.78, 5) is 0. The van der Waals surface area contributed by atoms with Crippen LogP contribution in [0.4, 0.5) is 13.2 Å². The lowest BCUT2D eigenvalue weighted by atomic mass is 10.1. The zero-order valence-electron chi connectivity index (χ0n) is 10.8. The van der Waals surface area contributed by atoms with E-state index in [0.29, 0.717) is 5.75 Å². The first kappa shape index (κ1) is 16.2. The van der Waals surface area contributed by atoms with E-state index in [0.717, 1.165) is 23.4 Å². The van der Waals surface area contributed by atoms with Crippen LogP contribution in [0.2, 0.25) is 5.02 Å². The second-order valence-corrected chi connectivity index (χ2v) is 5.52. The Labute approximate surface area is 133 Å². The number of ether oxygens (including phenoxy) is 1. The van der Waals surface area contributed by atoms with E-state index in [1.54, 1.807) is 12.1 Å². The molecule has 0 aliphatic carbocycles. The van der Waals surface area contributed by atoms with Gasteiger partial charge >= 0.3 is 6.18 Å². The van der Waals surface area contributed by atoms with Gasteiger partial charge < -0.3 is 4.74 Å². The van der Waals surface area contributed by atoms with Crippen LogP contribution in [0.5, 0.6) is 11.5 Å². The molecule has 0 radical (unpaired) electrons. The first-order valence-corrected chi connectivity index (χ1v) is 7.59. The van der Waals surface area contributed by atoms with Crippen molar-refractivity contribution in [2.24, 2.45) is 0 Å². The molecule has 2 aromatic carbocycles. The Bertz CT molecular complexity index is 611. The van der Waals surface area contributed by atoms with Crippen molar-refractivity contribution < 1.29 is 17.9 Å². The number of hydrogen-bond donors (Lipinski definition) is 0. The highest BCUT2D eigenvalue weighted by Gasteiger charge is 2.33. The van der Waals surface area contributed by atoms with Crippen LogP contribution in [0.3, 0.4) is 0 Å². The number of alkyl halides is 4. The lowest BCUT2D eigenvalue weighted by Gasteiger charge is -2.12. The highest BCUT2D eigenvalue weighted by molar-refractivity contribution is 9.09. The third-order valence-corrected chi connectivity index (χ3v) is 3.51. The third-order valence-electron chi connectivity index (χ3n) is 2.79. The van der Waals surface area contributed by atoms with Gasteiger partial charge in [0, 0.05) is 5.33 Å². The Balaban J connectivity index is 2.20. The van der Waals surface area contributed by atoms with Gasteiger partial charge in [0.05, 0.1) is 10.6 Å². The van der Waals surface area contributed by atoms with Crippen LogP contribution in [0, 0.1) is 0 Å². The van der Waals surface area contributed by atoms with E-state index in [-0.39, 0.29) is 10.8 Å². The van der Waals surface area contributed by atoms with Crippen molar-refractivity contribution in [3.8, 4) is 11.5 Å². The summed E-state index contributed by atoms with van der Waals surface area (Å²) in [5, 5.41) is 0.502. The molecule has 2 aromatic rings. The van der Waals surface area contributed by atoms with Gasteiger partial charge in [-0.05, 0) is 42.3 Å². The summed E-state index contributed by atoms with van der Waals surface area (Å²) in [5.41, 5.74) is 0.212. The van der Waals surface area contributed by atoms with Crippen molar-refractivity contribution in [2.45, 2.75) is 12.6 Å². The summed E-state index contributed by atoms with van der Waals surface area (Å²) in [5.74, 6) is 0.573. The summed E-state index contributed by atoms with van der Waals surface area (Å²) >= 11 is 8.90. The average Bonchev–Trinajstić information content (AvgIpc) is 2.42. The molecule has 0 unspecified atom stereocenters. The Hall–Kier alpha value is -1.20. The second kappa shape index (κ2) is 6.71. The minimum Gasteiger partial charge on any atom is -0.457 e. The summed E-state index contributed by atoms with van der Waals surface area (Å²) in [7, 11) is 0. The maximum absolute atomic E-state index is 12.8. The molecule has 2 rings (SSSR count). The molecule has 0 spiro atoms. The van der Waals surface area contributed by atoms with E-state index >= 15 is 0 Å². The SMILES string of the molecule is FC(F)(F)c1cc(Oc2ccc(CCBr)cc2)ccc1Cl. The van der Waals surface area contributed by atoms with Crippen molar-refractivity contribution in [3.63, 3.8) is 0 Å². The Morgan fingerprint density at radius 2 is 1.62 bits per heavy atom. The molecule has 0 saturated carbocycles. The van der Waals surface area contributed by atoms with Crippen LogP contribution in [-0.2, 0) is 12.6 Å². The molecule has 0 amide bonds. The summed E-state index contributed by atoms with van der Waals surface area (Å²) in [6.07, 6.45) is -3.63. The van der Waals surface area contributed by atoms with Gasteiger partial charge in [-0.3, -0.25) is 0 Å². The molecule has 0 bridgehead atoms. The molecule has 0 fully saturated rings. The van der Waals surface area contributed by atoms with Gasteiger partial charge in [0.25, 0.3) is 0 Å². The van der Waals surface area contributed by atoms with E-state index in [9.17, 15) is 13.2 Å². The molecule has 0 saturated heterocycles. The summed E-state index contributed by atoms with van der Waals surface area (Å²) < 4.78 is 43.7. The number of aryl methyl sites for hydroxylation is 1. The van der Waals surface area contributed by atoms with E-state index in [1.165, 1.54) is 12.1 Å². The van der Waals surface area contributed by atoms with Gasteiger partial charge in [-0.25, -0.2) is 0 Å². The molecule has 0 aliphatic heterocycles. The highest BCUT2D eigenvalue weighted by Crippen LogP contribution is 2.37. The van der Waals surface area contributed by atoms with E-state index in [4.69, 9.17) is 16.3 Å².